The number of halogens is 1. The summed E-state index contributed by atoms with van der Waals surface area (Å²) >= 11 is 0. The Morgan fingerprint density at radius 3 is 2.53 bits per heavy atom. The fourth-order valence-corrected chi connectivity index (χ4v) is 2.15. The molecule has 1 heterocycles. The quantitative estimate of drug-likeness (QED) is 0.710. The highest BCUT2D eigenvalue weighted by molar-refractivity contribution is 5.85. The molecule has 1 aromatic rings. The molecule has 0 aliphatic carbocycles. The van der Waals surface area contributed by atoms with Gasteiger partial charge in [-0.1, -0.05) is 12.1 Å². The van der Waals surface area contributed by atoms with Gasteiger partial charge in [-0.3, -0.25) is 0 Å². The molecule has 0 aromatic heterocycles. The van der Waals surface area contributed by atoms with Crippen LogP contribution in [0.5, 0.6) is 11.5 Å². The number of hydrogen-bond donors (Lipinski definition) is 3. The van der Waals surface area contributed by atoms with Crippen molar-refractivity contribution in [3.05, 3.63) is 23.8 Å². The summed E-state index contributed by atoms with van der Waals surface area (Å²) in [5.41, 5.74) is 6.73. The van der Waals surface area contributed by atoms with Crippen LogP contribution in [0.15, 0.2) is 18.2 Å². The molecular formula is C12H18ClNO3. The van der Waals surface area contributed by atoms with Gasteiger partial charge in [-0.05, 0) is 24.8 Å². The Morgan fingerprint density at radius 1 is 1.24 bits per heavy atom. The van der Waals surface area contributed by atoms with E-state index in [-0.39, 0.29) is 29.9 Å². The molecule has 5 heteroatoms. The highest BCUT2D eigenvalue weighted by Crippen LogP contribution is 2.37. The van der Waals surface area contributed by atoms with Gasteiger partial charge in [0.25, 0.3) is 0 Å². The molecule has 0 bridgehead atoms. The molecule has 1 aliphatic heterocycles. The lowest BCUT2D eigenvalue weighted by Gasteiger charge is -2.28. The molecular weight excluding hydrogens is 242 g/mol. The van der Waals surface area contributed by atoms with Crippen molar-refractivity contribution in [2.75, 3.05) is 13.2 Å². The first-order valence-corrected chi connectivity index (χ1v) is 5.54. The molecule has 1 aromatic carbocycles. The fraction of sp³-hybridized carbons (Fsp3) is 0.500. The Morgan fingerprint density at radius 2 is 1.88 bits per heavy atom. The zero-order valence-electron chi connectivity index (χ0n) is 9.50. The maximum absolute atomic E-state index is 9.74. The topological polar surface area (TPSA) is 75.7 Å². The van der Waals surface area contributed by atoms with E-state index < -0.39 is 0 Å². The lowest BCUT2D eigenvalue weighted by atomic mass is 9.87. The number of phenols is 2. The molecule has 4 nitrogen and oxygen atoms in total. The predicted octanol–water partition coefficient (Wildman–Crippen LogP) is 1.95. The van der Waals surface area contributed by atoms with Crippen LogP contribution in [-0.4, -0.2) is 23.4 Å². The average Bonchev–Trinajstić information content (AvgIpc) is 2.33. The van der Waals surface area contributed by atoms with Crippen LogP contribution in [0.1, 0.15) is 24.4 Å². The summed E-state index contributed by atoms with van der Waals surface area (Å²) in [6, 6.07) is 4.67. The summed E-state index contributed by atoms with van der Waals surface area (Å²) in [4.78, 5) is 0. The van der Waals surface area contributed by atoms with E-state index in [0.717, 1.165) is 26.1 Å². The number of aromatic hydroxyl groups is 2. The van der Waals surface area contributed by atoms with Crippen molar-refractivity contribution >= 4 is 12.4 Å². The molecule has 1 atom stereocenters. The molecule has 1 aliphatic rings. The minimum absolute atomic E-state index is 0. The number of phenolic OH excluding ortho intramolecular Hbond substituents is 2. The first kappa shape index (κ1) is 14.1. The summed E-state index contributed by atoms with van der Waals surface area (Å²) < 4.78 is 5.27. The third-order valence-electron chi connectivity index (χ3n) is 3.18. The third-order valence-corrected chi connectivity index (χ3v) is 3.18. The van der Waals surface area contributed by atoms with Crippen LogP contribution in [-0.2, 0) is 4.74 Å². The van der Waals surface area contributed by atoms with Crippen LogP contribution < -0.4 is 5.73 Å². The van der Waals surface area contributed by atoms with E-state index in [1.165, 1.54) is 6.07 Å². The van der Waals surface area contributed by atoms with E-state index in [1.807, 2.05) is 0 Å². The average molecular weight is 260 g/mol. The van der Waals surface area contributed by atoms with Gasteiger partial charge in [0, 0.05) is 24.8 Å². The second-order valence-electron chi connectivity index (χ2n) is 4.19. The number of rotatable bonds is 2. The highest BCUT2D eigenvalue weighted by atomic mass is 35.5. The van der Waals surface area contributed by atoms with Crippen molar-refractivity contribution in [1.82, 2.24) is 0 Å². The zero-order valence-corrected chi connectivity index (χ0v) is 10.3. The van der Waals surface area contributed by atoms with Gasteiger partial charge >= 0.3 is 0 Å². The normalized spacial score (nSPS) is 18.4. The molecule has 96 valence electrons. The lowest BCUT2D eigenvalue weighted by Crippen LogP contribution is -2.27. The molecule has 0 unspecified atom stereocenters. The van der Waals surface area contributed by atoms with E-state index in [1.54, 1.807) is 12.1 Å². The molecule has 2 rings (SSSR count). The molecule has 4 N–H and O–H groups in total. The molecule has 17 heavy (non-hydrogen) atoms. The third kappa shape index (κ3) is 3.03. The van der Waals surface area contributed by atoms with Gasteiger partial charge in [-0.25, -0.2) is 0 Å². The smallest absolute Gasteiger partial charge is 0.162 e. The maximum Gasteiger partial charge on any atom is 0.162 e. The summed E-state index contributed by atoms with van der Waals surface area (Å²) in [6.07, 6.45) is 1.80. The lowest BCUT2D eigenvalue weighted by molar-refractivity contribution is 0.0581. The standard InChI is InChI=1S/C12H17NO3.ClH/c13-11(8-4-6-16-7-5-8)9-2-1-3-10(14)12(9)15;/h1-3,8,11,14-15H,4-7,13H2;1H/t11-;/m1./s1. The van der Waals surface area contributed by atoms with Crippen LogP contribution in [0.25, 0.3) is 0 Å². The number of benzene rings is 1. The van der Waals surface area contributed by atoms with Crippen molar-refractivity contribution in [3.63, 3.8) is 0 Å². The van der Waals surface area contributed by atoms with E-state index in [9.17, 15) is 10.2 Å². The predicted molar refractivity (Wildman–Crippen MR) is 67.5 cm³/mol. The largest absolute Gasteiger partial charge is 0.504 e. The Bertz CT molecular complexity index is 367. The van der Waals surface area contributed by atoms with Crippen LogP contribution >= 0.6 is 12.4 Å². The van der Waals surface area contributed by atoms with Crippen LogP contribution in [0.4, 0.5) is 0 Å². The van der Waals surface area contributed by atoms with Gasteiger partial charge in [0.1, 0.15) is 0 Å². The second-order valence-corrected chi connectivity index (χ2v) is 4.19. The van der Waals surface area contributed by atoms with Crippen molar-refractivity contribution < 1.29 is 14.9 Å². The Hall–Kier alpha value is -0.970. The van der Waals surface area contributed by atoms with Gasteiger partial charge in [0.15, 0.2) is 11.5 Å². The van der Waals surface area contributed by atoms with Crippen molar-refractivity contribution in [1.29, 1.82) is 0 Å². The molecule has 0 radical (unpaired) electrons. The van der Waals surface area contributed by atoms with Gasteiger partial charge in [0.05, 0.1) is 0 Å². The minimum Gasteiger partial charge on any atom is -0.504 e. The van der Waals surface area contributed by atoms with Gasteiger partial charge in [0.2, 0.25) is 0 Å². The Kier molecular flexibility index (Phi) is 5.05. The van der Waals surface area contributed by atoms with E-state index in [4.69, 9.17) is 10.5 Å². The van der Waals surface area contributed by atoms with Crippen molar-refractivity contribution in [2.24, 2.45) is 11.7 Å². The van der Waals surface area contributed by atoms with Gasteiger partial charge in [-0.15, -0.1) is 12.4 Å². The number of nitrogens with two attached hydrogens (primary N) is 1. The van der Waals surface area contributed by atoms with E-state index in [0.29, 0.717) is 11.5 Å². The zero-order chi connectivity index (χ0) is 11.5. The van der Waals surface area contributed by atoms with Crippen LogP contribution in [0.3, 0.4) is 0 Å². The molecule has 0 amide bonds. The Balaban J connectivity index is 0.00000144. The summed E-state index contributed by atoms with van der Waals surface area (Å²) in [7, 11) is 0. The van der Waals surface area contributed by atoms with Crippen molar-refractivity contribution in [3.8, 4) is 11.5 Å². The first-order chi connectivity index (χ1) is 7.70. The van der Waals surface area contributed by atoms with Crippen molar-refractivity contribution in [2.45, 2.75) is 18.9 Å². The minimum atomic E-state index is -0.240. The Labute approximate surface area is 107 Å². The number of ether oxygens (including phenoxy) is 1. The van der Waals surface area contributed by atoms with Crippen LogP contribution in [0.2, 0.25) is 0 Å². The number of hydrogen-bond acceptors (Lipinski definition) is 4. The van der Waals surface area contributed by atoms with E-state index in [2.05, 4.69) is 0 Å². The molecule has 1 saturated heterocycles. The maximum atomic E-state index is 9.74. The van der Waals surface area contributed by atoms with Gasteiger partial charge < -0.3 is 20.7 Å². The van der Waals surface area contributed by atoms with E-state index >= 15 is 0 Å². The molecule has 0 saturated carbocycles. The van der Waals surface area contributed by atoms with Gasteiger partial charge in [-0.2, -0.15) is 0 Å². The first-order valence-electron chi connectivity index (χ1n) is 5.54. The summed E-state index contributed by atoms with van der Waals surface area (Å²) in [5, 5.41) is 19.2. The second kappa shape index (κ2) is 6.10. The van der Waals surface area contributed by atoms with Crippen LogP contribution in [0, 0.1) is 5.92 Å². The highest BCUT2D eigenvalue weighted by Gasteiger charge is 2.24. The monoisotopic (exact) mass is 259 g/mol. The summed E-state index contributed by atoms with van der Waals surface area (Å²) in [6.45, 7) is 1.44. The SMILES string of the molecule is Cl.N[C@@H](c1cccc(O)c1O)C1CCOCC1. The molecule has 0 spiro atoms. The number of para-hydroxylation sites is 1. The molecule has 1 fully saturated rings. The summed E-state index contributed by atoms with van der Waals surface area (Å²) in [5.74, 6) is 0.1000. The fourth-order valence-electron chi connectivity index (χ4n) is 2.15.